The van der Waals surface area contributed by atoms with E-state index in [1.165, 1.54) is 0 Å². The second-order valence-corrected chi connectivity index (χ2v) is 7.41. The summed E-state index contributed by atoms with van der Waals surface area (Å²) in [5.74, 6) is 1.40. The van der Waals surface area contributed by atoms with E-state index >= 15 is 0 Å². The van der Waals surface area contributed by atoms with Crippen molar-refractivity contribution in [1.29, 1.82) is 0 Å². The number of hydrogen-bond acceptors (Lipinski definition) is 4. The van der Waals surface area contributed by atoms with Gasteiger partial charge < -0.3 is 10.4 Å². The predicted molar refractivity (Wildman–Crippen MR) is 77.3 cm³/mol. The number of rotatable bonds is 3. The van der Waals surface area contributed by atoms with E-state index in [0.29, 0.717) is 18.0 Å². The molecule has 106 valence electrons. The molecule has 1 fully saturated rings. The Bertz CT molecular complexity index is 459. The van der Waals surface area contributed by atoms with Gasteiger partial charge in [-0.2, -0.15) is 16.9 Å². The van der Waals surface area contributed by atoms with Gasteiger partial charge in [0.05, 0.1) is 0 Å². The highest BCUT2D eigenvalue weighted by Crippen LogP contribution is 2.29. The molecule has 2 rings (SSSR count). The molecule has 0 radical (unpaired) electrons. The molecule has 5 nitrogen and oxygen atoms in total. The van der Waals surface area contributed by atoms with Gasteiger partial charge in [0.1, 0.15) is 0 Å². The van der Waals surface area contributed by atoms with Gasteiger partial charge in [-0.05, 0) is 24.0 Å². The average Bonchev–Trinajstić information content (AvgIpc) is 2.87. The van der Waals surface area contributed by atoms with Crippen molar-refractivity contribution in [3.8, 4) is 0 Å². The molecule has 0 saturated carbocycles. The van der Waals surface area contributed by atoms with Crippen LogP contribution in [-0.2, 0) is 11.2 Å². The molecule has 1 saturated heterocycles. The zero-order valence-corrected chi connectivity index (χ0v) is 12.4. The highest BCUT2D eigenvalue weighted by Gasteiger charge is 2.39. The maximum Gasteiger partial charge on any atom is 0.258 e. The highest BCUT2D eigenvalue weighted by molar-refractivity contribution is 7.99. The van der Waals surface area contributed by atoms with Crippen LogP contribution in [0.5, 0.6) is 0 Å². The topological polar surface area (TPSA) is 78.0 Å². The van der Waals surface area contributed by atoms with Gasteiger partial charge in [-0.25, -0.2) is 0 Å². The fourth-order valence-corrected chi connectivity index (χ4v) is 3.29. The van der Waals surface area contributed by atoms with Crippen LogP contribution in [0.15, 0.2) is 6.07 Å². The number of aromatic nitrogens is 2. The van der Waals surface area contributed by atoms with Crippen LogP contribution >= 0.6 is 11.8 Å². The quantitative estimate of drug-likeness (QED) is 0.790. The molecule has 1 aromatic rings. The van der Waals surface area contributed by atoms with Crippen LogP contribution in [0.4, 0.5) is 5.82 Å². The minimum absolute atomic E-state index is 0.161. The molecule has 0 bridgehead atoms. The molecular formula is C13H21N3O2S. The number of amides is 1. The number of H-pyrrole nitrogens is 1. The molecular weight excluding hydrogens is 262 g/mol. The summed E-state index contributed by atoms with van der Waals surface area (Å²) in [5, 5.41) is 19.8. The number of aromatic amines is 1. The fourth-order valence-electron chi connectivity index (χ4n) is 2.05. The van der Waals surface area contributed by atoms with Crippen LogP contribution in [0.25, 0.3) is 0 Å². The van der Waals surface area contributed by atoms with E-state index in [4.69, 9.17) is 0 Å². The smallest absolute Gasteiger partial charge is 0.258 e. The maximum atomic E-state index is 12.0. The number of carbonyl (C=O) groups is 1. The van der Waals surface area contributed by atoms with Gasteiger partial charge >= 0.3 is 0 Å². The Labute approximate surface area is 117 Å². The standard InChI is InChI=1S/C13H21N3O2S/c1-12(2,3)7-9-6-10(16-15-9)14-11(17)13(18)4-5-19-8-13/h6,18H,4-5,7-8H2,1-3H3,(H2,14,15,16,17). The van der Waals surface area contributed by atoms with Crippen LogP contribution in [0.1, 0.15) is 32.9 Å². The lowest BCUT2D eigenvalue weighted by atomic mass is 9.91. The molecule has 0 aromatic carbocycles. The normalized spacial score (nSPS) is 23.6. The summed E-state index contributed by atoms with van der Waals surface area (Å²) in [6.07, 6.45) is 1.36. The molecule has 1 aromatic heterocycles. The van der Waals surface area contributed by atoms with E-state index in [1.807, 2.05) is 6.07 Å². The third-order valence-electron chi connectivity index (χ3n) is 3.02. The molecule has 1 amide bonds. The van der Waals surface area contributed by atoms with E-state index in [-0.39, 0.29) is 11.3 Å². The number of nitrogens with one attached hydrogen (secondary N) is 2. The lowest BCUT2D eigenvalue weighted by Crippen LogP contribution is -2.42. The van der Waals surface area contributed by atoms with Crippen molar-refractivity contribution in [2.45, 2.75) is 39.2 Å². The van der Waals surface area contributed by atoms with Gasteiger partial charge in [-0.1, -0.05) is 20.8 Å². The van der Waals surface area contributed by atoms with E-state index < -0.39 is 5.60 Å². The Morgan fingerprint density at radius 3 is 2.95 bits per heavy atom. The third-order valence-corrected chi connectivity index (χ3v) is 4.19. The zero-order valence-electron chi connectivity index (χ0n) is 11.6. The minimum atomic E-state index is -1.24. The molecule has 19 heavy (non-hydrogen) atoms. The van der Waals surface area contributed by atoms with Gasteiger partial charge in [-0.15, -0.1) is 0 Å². The monoisotopic (exact) mass is 283 g/mol. The van der Waals surface area contributed by atoms with Crippen molar-refractivity contribution in [3.63, 3.8) is 0 Å². The van der Waals surface area contributed by atoms with Crippen LogP contribution in [0, 0.1) is 5.41 Å². The van der Waals surface area contributed by atoms with Crippen LogP contribution in [-0.4, -0.2) is 38.3 Å². The number of carbonyl (C=O) groups excluding carboxylic acids is 1. The first-order valence-electron chi connectivity index (χ1n) is 6.44. The molecule has 0 spiro atoms. The molecule has 1 aliphatic heterocycles. The van der Waals surface area contributed by atoms with E-state index in [0.717, 1.165) is 17.9 Å². The van der Waals surface area contributed by atoms with Gasteiger partial charge in [0.15, 0.2) is 11.4 Å². The molecule has 6 heteroatoms. The number of hydrogen-bond donors (Lipinski definition) is 3. The van der Waals surface area contributed by atoms with Crippen molar-refractivity contribution in [2.24, 2.45) is 5.41 Å². The van der Waals surface area contributed by atoms with Gasteiger partial charge in [0.25, 0.3) is 5.91 Å². The number of anilines is 1. The predicted octanol–water partition coefficient (Wildman–Crippen LogP) is 1.80. The molecule has 3 N–H and O–H groups in total. The molecule has 0 aliphatic carbocycles. The van der Waals surface area contributed by atoms with Crippen molar-refractivity contribution in [3.05, 3.63) is 11.8 Å². The van der Waals surface area contributed by atoms with Gasteiger partial charge in [0.2, 0.25) is 0 Å². The van der Waals surface area contributed by atoms with Crippen molar-refractivity contribution >= 4 is 23.5 Å². The Kier molecular flexibility index (Phi) is 3.92. The van der Waals surface area contributed by atoms with Crippen molar-refractivity contribution < 1.29 is 9.90 Å². The van der Waals surface area contributed by atoms with Gasteiger partial charge in [0, 0.05) is 17.5 Å². The lowest BCUT2D eigenvalue weighted by molar-refractivity contribution is -0.131. The summed E-state index contributed by atoms with van der Waals surface area (Å²) in [7, 11) is 0. The summed E-state index contributed by atoms with van der Waals surface area (Å²) in [6, 6.07) is 1.83. The maximum absolute atomic E-state index is 12.0. The zero-order chi connectivity index (χ0) is 14.1. The fraction of sp³-hybridized carbons (Fsp3) is 0.692. The van der Waals surface area contributed by atoms with Crippen LogP contribution < -0.4 is 5.32 Å². The van der Waals surface area contributed by atoms with Crippen molar-refractivity contribution in [2.75, 3.05) is 16.8 Å². The Morgan fingerprint density at radius 1 is 1.63 bits per heavy atom. The van der Waals surface area contributed by atoms with E-state index in [1.54, 1.807) is 11.8 Å². The highest BCUT2D eigenvalue weighted by atomic mass is 32.2. The number of nitrogens with zero attached hydrogens (tertiary/aromatic N) is 1. The van der Waals surface area contributed by atoms with E-state index in [9.17, 15) is 9.90 Å². The number of aliphatic hydroxyl groups is 1. The third kappa shape index (κ3) is 3.73. The molecule has 1 unspecified atom stereocenters. The molecule has 1 aliphatic rings. The summed E-state index contributed by atoms with van der Waals surface area (Å²) in [4.78, 5) is 12.0. The van der Waals surface area contributed by atoms with Crippen LogP contribution in [0.3, 0.4) is 0 Å². The molecule has 2 heterocycles. The summed E-state index contributed by atoms with van der Waals surface area (Å²) >= 11 is 1.59. The van der Waals surface area contributed by atoms with Crippen LogP contribution in [0.2, 0.25) is 0 Å². The first kappa shape index (κ1) is 14.4. The first-order valence-corrected chi connectivity index (χ1v) is 7.60. The van der Waals surface area contributed by atoms with Crippen molar-refractivity contribution in [1.82, 2.24) is 10.2 Å². The summed E-state index contributed by atoms with van der Waals surface area (Å²) in [5.41, 5.74) is -0.0994. The summed E-state index contributed by atoms with van der Waals surface area (Å²) < 4.78 is 0. The SMILES string of the molecule is CC(C)(C)Cc1cc(NC(=O)C2(O)CCSC2)n[nH]1. The second kappa shape index (κ2) is 5.17. The first-order chi connectivity index (χ1) is 8.78. The second-order valence-electron chi connectivity index (χ2n) is 6.30. The van der Waals surface area contributed by atoms with Gasteiger partial charge in [-0.3, -0.25) is 9.89 Å². The number of thioether (sulfide) groups is 1. The largest absolute Gasteiger partial charge is 0.379 e. The van der Waals surface area contributed by atoms with E-state index in [2.05, 4.69) is 36.3 Å². The Hall–Kier alpha value is -1.01. The summed E-state index contributed by atoms with van der Waals surface area (Å²) in [6.45, 7) is 6.43. The Balaban J connectivity index is 1.98. The lowest BCUT2D eigenvalue weighted by Gasteiger charge is -2.19. The Morgan fingerprint density at radius 2 is 2.37 bits per heavy atom. The molecule has 1 atom stereocenters. The average molecular weight is 283 g/mol. The minimum Gasteiger partial charge on any atom is -0.379 e.